The molecule has 0 spiro atoms. The molecule has 8 heteroatoms. The van der Waals surface area contributed by atoms with Crippen molar-refractivity contribution in [2.45, 2.75) is 24.0 Å². The first-order chi connectivity index (χ1) is 13.2. The number of nitrogens with zero attached hydrogens (tertiary/aromatic N) is 3. The van der Waals surface area contributed by atoms with Crippen molar-refractivity contribution in [3.05, 3.63) is 59.7 Å². The van der Waals surface area contributed by atoms with Crippen molar-refractivity contribution in [3.8, 4) is 0 Å². The van der Waals surface area contributed by atoms with Crippen LogP contribution in [0.4, 0.5) is 5.69 Å². The summed E-state index contributed by atoms with van der Waals surface area (Å²) < 4.78 is 25.9. The summed E-state index contributed by atoms with van der Waals surface area (Å²) in [6, 6.07) is 13.9. The molecule has 6 nitrogen and oxygen atoms in total. The van der Waals surface area contributed by atoms with Crippen LogP contribution in [0.2, 0.25) is 0 Å². The molecule has 1 aliphatic rings. The maximum absolute atomic E-state index is 13.1. The molecule has 2 aromatic carbocycles. The zero-order valence-corrected chi connectivity index (χ0v) is 17.9. The molecule has 1 saturated heterocycles. The maximum Gasteiger partial charge on any atom is 0.259 e. The smallest absolute Gasteiger partial charge is 0.259 e. The van der Waals surface area contributed by atoms with Gasteiger partial charge in [0.1, 0.15) is 0 Å². The van der Waals surface area contributed by atoms with Crippen molar-refractivity contribution in [2.24, 2.45) is 4.99 Å². The molecule has 0 radical (unpaired) electrons. The second-order valence-corrected chi connectivity index (χ2v) is 10.5. The van der Waals surface area contributed by atoms with Crippen LogP contribution in [0.1, 0.15) is 22.8 Å². The van der Waals surface area contributed by atoms with Crippen molar-refractivity contribution in [1.82, 2.24) is 9.21 Å². The summed E-state index contributed by atoms with van der Waals surface area (Å²) >= 11 is 1.54. The highest BCUT2D eigenvalue weighted by Crippen LogP contribution is 2.30. The summed E-state index contributed by atoms with van der Waals surface area (Å²) in [5, 5.41) is 0.838. The van der Waals surface area contributed by atoms with Gasteiger partial charge in [-0.2, -0.15) is 0 Å². The molecule has 1 atom stereocenters. The van der Waals surface area contributed by atoms with E-state index >= 15 is 0 Å². The maximum atomic E-state index is 13.1. The van der Waals surface area contributed by atoms with Gasteiger partial charge in [-0.15, -0.1) is 0 Å². The Labute approximate surface area is 170 Å². The molecule has 2 aromatic rings. The van der Waals surface area contributed by atoms with Gasteiger partial charge in [-0.05, 0) is 42.8 Å². The van der Waals surface area contributed by atoms with Gasteiger partial charge in [-0.3, -0.25) is 9.69 Å². The predicted octanol–water partition coefficient (Wildman–Crippen LogP) is 3.51. The standard InChI is InChI=1S/C20H23N3O3S2/c1-14-7-5-9-17(11-14)21-20-23(13-15(2)27-20)19(24)16-8-6-10-18(12-16)28(25,26)22(3)4/h5-12,15H,13H2,1-4H3/t15-/m0/s1. The quantitative estimate of drug-likeness (QED) is 0.763. The number of sulfonamides is 1. The molecule has 1 amide bonds. The molecule has 0 aromatic heterocycles. The van der Waals surface area contributed by atoms with Crippen LogP contribution in [0.25, 0.3) is 0 Å². The zero-order chi connectivity index (χ0) is 20.5. The SMILES string of the molecule is Cc1cccc(N=C2S[C@@H](C)CN2C(=O)c2cccc(S(=O)(=O)N(C)C)c2)c1. The van der Waals surface area contributed by atoms with E-state index in [0.717, 1.165) is 15.6 Å². The number of hydrogen-bond donors (Lipinski definition) is 0. The summed E-state index contributed by atoms with van der Waals surface area (Å²) in [6.45, 7) is 4.56. The molecule has 148 valence electrons. The van der Waals surface area contributed by atoms with Gasteiger partial charge in [0.2, 0.25) is 10.0 Å². The van der Waals surface area contributed by atoms with Crippen LogP contribution in [-0.2, 0) is 10.0 Å². The fraction of sp³-hybridized carbons (Fsp3) is 0.300. The van der Waals surface area contributed by atoms with Crippen molar-refractivity contribution in [2.75, 3.05) is 20.6 Å². The summed E-state index contributed by atoms with van der Waals surface area (Å²) in [5.41, 5.74) is 2.21. The number of hydrogen-bond acceptors (Lipinski definition) is 5. The average molecular weight is 418 g/mol. The van der Waals surface area contributed by atoms with Crippen LogP contribution in [0.15, 0.2) is 58.4 Å². The van der Waals surface area contributed by atoms with Gasteiger partial charge in [0.15, 0.2) is 5.17 Å². The molecule has 0 saturated carbocycles. The highest BCUT2D eigenvalue weighted by Gasteiger charge is 2.32. The molecule has 1 fully saturated rings. The Balaban J connectivity index is 1.95. The van der Waals surface area contributed by atoms with E-state index in [-0.39, 0.29) is 16.1 Å². The Morgan fingerprint density at radius 2 is 1.89 bits per heavy atom. The van der Waals surface area contributed by atoms with E-state index in [1.165, 1.54) is 26.2 Å². The lowest BCUT2D eigenvalue weighted by Gasteiger charge is -2.17. The van der Waals surface area contributed by atoms with Gasteiger partial charge in [0.25, 0.3) is 5.91 Å². The van der Waals surface area contributed by atoms with Crippen LogP contribution in [0.3, 0.4) is 0 Å². The Hall–Kier alpha value is -2.16. The number of thioether (sulfide) groups is 1. The van der Waals surface area contributed by atoms with E-state index in [1.807, 2.05) is 38.1 Å². The number of amides is 1. The lowest BCUT2D eigenvalue weighted by molar-refractivity contribution is 0.0855. The van der Waals surface area contributed by atoms with Crippen LogP contribution < -0.4 is 0 Å². The number of carbonyl (C=O) groups is 1. The van der Waals surface area contributed by atoms with E-state index in [0.29, 0.717) is 17.3 Å². The molecule has 3 rings (SSSR count). The second kappa shape index (κ2) is 8.06. The van der Waals surface area contributed by atoms with Gasteiger partial charge < -0.3 is 0 Å². The first-order valence-corrected chi connectivity index (χ1v) is 11.2. The largest absolute Gasteiger partial charge is 0.286 e. The first-order valence-electron chi connectivity index (χ1n) is 8.85. The summed E-state index contributed by atoms with van der Waals surface area (Å²) in [7, 11) is -0.672. The van der Waals surface area contributed by atoms with E-state index in [9.17, 15) is 13.2 Å². The molecule has 1 aliphatic heterocycles. The topological polar surface area (TPSA) is 70.0 Å². The molecular formula is C20H23N3O3S2. The minimum absolute atomic E-state index is 0.0976. The lowest BCUT2D eigenvalue weighted by Crippen LogP contribution is -2.32. The third kappa shape index (κ3) is 4.29. The number of amidine groups is 1. The molecule has 1 heterocycles. The number of benzene rings is 2. The highest BCUT2D eigenvalue weighted by atomic mass is 32.2. The minimum atomic E-state index is -3.61. The van der Waals surface area contributed by atoms with Gasteiger partial charge in [-0.25, -0.2) is 17.7 Å². The third-order valence-corrected chi connectivity index (χ3v) is 7.19. The Bertz CT molecular complexity index is 1030. The van der Waals surface area contributed by atoms with Crippen LogP contribution >= 0.6 is 11.8 Å². The van der Waals surface area contributed by atoms with Crippen LogP contribution in [0.5, 0.6) is 0 Å². The first kappa shape index (κ1) is 20.6. The summed E-state index contributed by atoms with van der Waals surface area (Å²) in [6.07, 6.45) is 0. The average Bonchev–Trinajstić information content (AvgIpc) is 3.01. The number of rotatable bonds is 4. The number of carbonyl (C=O) groups excluding carboxylic acids is 1. The monoisotopic (exact) mass is 417 g/mol. The van der Waals surface area contributed by atoms with Crippen molar-refractivity contribution >= 4 is 38.5 Å². The number of aliphatic imine (C=N–C) groups is 1. The molecule has 0 N–H and O–H groups in total. The van der Waals surface area contributed by atoms with Gasteiger partial charge in [-0.1, -0.05) is 36.9 Å². The van der Waals surface area contributed by atoms with Crippen molar-refractivity contribution in [3.63, 3.8) is 0 Å². The summed E-state index contributed by atoms with van der Waals surface area (Å²) in [5.74, 6) is -0.251. The van der Waals surface area contributed by atoms with Crippen molar-refractivity contribution in [1.29, 1.82) is 0 Å². The highest BCUT2D eigenvalue weighted by molar-refractivity contribution is 8.14. The second-order valence-electron chi connectivity index (χ2n) is 6.89. The van der Waals surface area contributed by atoms with Crippen molar-refractivity contribution < 1.29 is 13.2 Å². The normalized spacial score (nSPS) is 18.8. The van der Waals surface area contributed by atoms with E-state index in [2.05, 4.69) is 4.99 Å². The van der Waals surface area contributed by atoms with Crippen LogP contribution in [0, 0.1) is 6.92 Å². The third-order valence-electron chi connectivity index (χ3n) is 4.31. The van der Waals surface area contributed by atoms with Crippen LogP contribution in [-0.4, -0.2) is 54.6 Å². The van der Waals surface area contributed by atoms with Gasteiger partial charge in [0.05, 0.1) is 10.6 Å². The minimum Gasteiger partial charge on any atom is -0.286 e. The van der Waals surface area contributed by atoms with Gasteiger partial charge in [0, 0.05) is 31.5 Å². The summed E-state index contributed by atoms with van der Waals surface area (Å²) in [4.78, 5) is 19.5. The van der Waals surface area contributed by atoms with Gasteiger partial charge >= 0.3 is 0 Å². The van der Waals surface area contributed by atoms with E-state index in [1.54, 1.807) is 28.8 Å². The lowest BCUT2D eigenvalue weighted by atomic mass is 10.2. The fourth-order valence-electron chi connectivity index (χ4n) is 2.84. The number of aryl methyl sites for hydroxylation is 1. The predicted molar refractivity (Wildman–Crippen MR) is 114 cm³/mol. The Morgan fingerprint density at radius 1 is 1.18 bits per heavy atom. The van der Waals surface area contributed by atoms with E-state index < -0.39 is 10.0 Å². The zero-order valence-electron chi connectivity index (χ0n) is 16.3. The molecule has 28 heavy (non-hydrogen) atoms. The molecule has 0 unspecified atom stereocenters. The fourth-order valence-corrected chi connectivity index (χ4v) is 4.81. The Morgan fingerprint density at radius 3 is 2.57 bits per heavy atom. The molecule has 0 aliphatic carbocycles. The van der Waals surface area contributed by atoms with E-state index in [4.69, 9.17) is 0 Å². The Kier molecular flexibility index (Phi) is 5.92. The molecular weight excluding hydrogens is 394 g/mol. The molecule has 0 bridgehead atoms.